The van der Waals surface area contributed by atoms with Crippen molar-refractivity contribution in [3.05, 3.63) is 29.7 Å². The second-order valence-electron chi connectivity index (χ2n) is 4.00. The quantitative estimate of drug-likeness (QED) is 0.858. The van der Waals surface area contributed by atoms with E-state index in [4.69, 9.17) is 10.5 Å². The van der Waals surface area contributed by atoms with E-state index < -0.39 is 0 Å². The number of aromatic nitrogens is 3. The fraction of sp³-hybridized carbons (Fsp3) is 0.250. The minimum atomic E-state index is -0.325. The summed E-state index contributed by atoms with van der Waals surface area (Å²) in [5, 5.41) is 6.85. The molecule has 0 unspecified atom stereocenters. The van der Waals surface area contributed by atoms with Crippen LogP contribution in [0.15, 0.2) is 18.5 Å². The summed E-state index contributed by atoms with van der Waals surface area (Å²) in [5.74, 6) is 0.535. The minimum Gasteiger partial charge on any atom is -0.494 e. The van der Waals surface area contributed by atoms with Gasteiger partial charge in [-0.3, -0.25) is 14.5 Å². The number of pyridine rings is 1. The summed E-state index contributed by atoms with van der Waals surface area (Å²) in [6.07, 6.45) is 3.00. The van der Waals surface area contributed by atoms with Crippen LogP contribution in [-0.2, 0) is 7.05 Å². The van der Waals surface area contributed by atoms with Gasteiger partial charge in [0.05, 0.1) is 30.3 Å². The Morgan fingerprint density at radius 3 is 2.84 bits per heavy atom. The van der Waals surface area contributed by atoms with E-state index >= 15 is 0 Å². The molecule has 19 heavy (non-hydrogen) atoms. The molecule has 0 aliphatic heterocycles. The average molecular weight is 261 g/mol. The van der Waals surface area contributed by atoms with E-state index in [-0.39, 0.29) is 5.91 Å². The van der Waals surface area contributed by atoms with Crippen molar-refractivity contribution >= 4 is 17.4 Å². The van der Waals surface area contributed by atoms with E-state index in [0.717, 1.165) is 0 Å². The normalized spacial score (nSPS) is 10.3. The molecule has 1 amide bonds. The number of methoxy groups -OCH3 is 1. The molecule has 0 saturated carbocycles. The fourth-order valence-corrected chi connectivity index (χ4v) is 1.73. The van der Waals surface area contributed by atoms with E-state index in [0.29, 0.717) is 28.5 Å². The predicted molar refractivity (Wildman–Crippen MR) is 71.1 cm³/mol. The summed E-state index contributed by atoms with van der Waals surface area (Å²) < 4.78 is 6.62. The minimum absolute atomic E-state index is 0.325. The molecule has 7 heteroatoms. The Balaban J connectivity index is 2.31. The van der Waals surface area contributed by atoms with Crippen molar-refractivity contribution < 1.29 is 9.53 Å². The third kappa shape index (κ3) is 2.35. The largest absolute Gasteiger partial charge is 0.494 e. The van der Waals surface area contributed by atoms with Crippen molar-refractivity contribution in [2.45, 2.75) is 6.92 Å². The highest BCUT2D eigenvalue weighted by molar-refractivity contribution is 6.07. The molecule has 0 aromatic carbocycles. The molecule has 0 aliphatic carbocycles. The molecule has 0 saturated heterocycles. The lowest BCUT2D eigenvalue weighted by Gasteiger charge is -2.09. The molecule has 2 aromatic heterocycles. The van der Waals surface area contributed by atoms with Gasteiger partial charge in [-0.05, 0) is 13.0 Å². The third-order valence-electron chi connectivity index (χ3n) is 2.75. The fourth-order valence-electron chi connectivity index (χ4n) is 1.73. The molecule has 2 aromatic rings. The molecule has 0 aliphatic rings. The van der Waals surface area contributed by atoms with Gasteiger partial charge >= 0.3 is 0 Å². The van der Waals surface area contributed by atoms with E-state index in [1.165, 1.54) is 24.2 Å². The zero-order valence-electron chi connectivity index (χ0n) is 11.0. The second-order valence-corrected chi connectivity index (χ2v) is 4.00. The maximum atomic E-state index is 12.2. The van der Waals surface area contributed by atoms with Crippen LogP contribution in [0, 0.1) is 6.92 Å². The topological polar surface area (TPSA) is 95.1 Å². The van der Waals surface area contributed by atoms with Gasteiger partial charge in [-0.25, -0.2) is 0 Å². The number of anilines is 2. The van der Waals surface area contributed by atoms with Crippen LogP contribution >= 0.6 is 0 Å². The van der Waals surface area contributed by atoms with Gasteiger partial charge in [0.15, 0.2) is 5.82 Å². The monoisotopic (exact) mass is 261 g/mol. The Bertz CT molecular complexity index is 621. The molecule has 0 spiro atoms. The first-order valence-corrected chi connectivity index (χ1v) is 5.63. The van der Waals surface area contributed by atoms with E-state index in [9.17, 15) is 4.79 Å². The average Bonchev–Trinajstić information content (AvgIpc) is 2.65. The van der Waals surface area contributed by atoms with Crippen LogP contribution in [0.5, 0.6) is 5.75 Å². The molecule has 0 bridgehead atoms. The van der Waals surface area contributed by atoms with Crippen LogP contribution in [-0.4, -0.2) is 27.8 Å². The van der Waals surface area contributed by atoms with Gasteiger partial charge in [0.1, 0.15) is 5.75 Å². The summed E-state index contributed by atoms with van der Waals surface area (Å²) in [7, 11) is 3.19. The van der Waals surface area contributed by atoms with Crippen LogP contribution in [0.3, 0.4) is 0 Å². The number of aryl methyl sites for hydroxylation is 2. The number of nitrogens with zero attached hydrogens (tertiary/aromatic N) is 3. The lowest BCUT2D eigenvalue weighted by molar-refractivity contribution is 0.102. The first-order valence-electron chi connectivity index (χ1n) is 5.63. The molecule has 2 rings (SSSR count). The Labute approximate surface area is 110 Å². The van der Waals surface area contributed by atoms with Crippen molar-refractivity contribution in [1.82, 2.24) is 14.8 Å². The van der Waals surface area contributed by atoms with E-state index in [1.807, 2.05) is 0 Å². The van der Waals surface area contributed by atoms with Gasteiger partial charge in [-0.15, -0.1) is 0 Å². The maximum absolute atomic E-state index is 12.2. The van der Waals surface area contributed by atoms with Gasteiger partial charge in [0, 0.05) is 13.2 Å². The summed E-state index contributed by atoms with van der Waals surface area (Å²) in [6.45, 7) is 1.78. The number of carbonyl (C=O) groups excluding carboxylic acids is 1. The summed E-state index contributed by atoms with van der Waals surface area (Å²) in [6, 6.07) is 1.58. The number of nitrogens with two attached hydrogens (primary N) is 1. The molecular weight excluding hydrogens is 246 g/mol. The number of nitrogen functional groups attached to an aromatic ring is 1. The molecule has 0 atom stereocenters. The van der Waals surface area contributed by atoms with Crippen LogP contribution in [0.1, 0.15) is 16.1 Å². The van der Waals surface area contributed by atoms with E-state index in [2.05, 4.69) is 15.4 Å². The summed E-state index contributed by atoms with van der Waals surface area (Å²) in [4.78, 5) is 16.1. The lowest BCUT2D eigenvalue weighted by Crippen LogP contribution is -2.16. The molecule has 3 N–H and O–H groups in total. The highest BCUT2D eigenvalue weighted by Gasteiger charge is 2.17. The Kier molecular flexibility index (Phi) is 3.37. The molecule has 0 radical (unpaired) electrons. The van der Waals surface area contributed by atoms with Crippen LogP contribution in [0.2, 0.25) is 0 Å². The highest BCUT2D eigenvalue weighted by Crippen LogP contribution is 2.23. The van der Waals surface area contributed by atoms with Crippen LogP contribution in [0.25, 0.3) is 0 Å². The molecular formula is C12H15N5O2. The summed E-state index contributed by atoms with van der Waals surface area (Å²) >= 11 is 0. The number of hydrogen-bond acceptors (Lipinski definition) is 5. The van der Waals surface area contributed by atoms with Gasteiger partial charge in [0.25, 0.3) is 5.91 Å². The number of ether oxygens (including phenoxy) is 1. The molecule has 100 valence electrons. The van der Waals surface area contributed by atoms with Gasteiger partial charge < -0.3 is 15.8 Å². The van der Waals surface area contributed by atoms with Gasteiger partial charge in [0.2, 0.25) is 0 Å². The number of nitrogens with one attached hydrogen (secondary N) is 1. The van der Waals surface area contributed by atoms with Crippen LogP contribution in [0.4, 0.5) is 11.5 Å². The Morgan fingerprint density at radius 2 is 2.26 bits per heavy atom. The SMILES string of the molecule is COc1cnccc1C(=O)Nc1c(N)c(C)nn1C. The third-order valence-corrected chi connectivity index (χ3v) is 2.75. The van der Waals surface area contributed by atoms with Crippen molar-refractivity contribution in [2.24, 2.45) is 7.05 Å². The summed E-state index contributed by atoms with van der Waals surface area (Å²) in [5.41, 5.74) is 7.36. The number of rotatable bonds is 3. The number of amides is 1. The van der Waals surface area contributed by atoms with Crippen molar-refractivity contribution in [3.8, 4) is 5.75 Å². The molecule has 0 fully saturated rings. The zero-order chi connectivity index (χ0) is 14.0. The predicted octanol–water partition coefficient (Wildman–Crippen LogP) is 0.967. The second kappa shape index (κ2) is 4.97. The molecule has 2 heterocycles. The first-order chi connectivity index (χ1) is 9.04. The molecule has 7 nitrogen and oxygen atoms in total. The van der Waals surface area contributed by atoms with Crippen molar-refractivity contribution in [2.75, 3.05) is 18.2 Å². The standard InChI is InChI=1S/C12H15N5O2/c1-7-10(13)11(17(2)16-7)15-12(18)8-4-5-14-6-9(8)19-3/h4-6H,13H2,1-3H3,(H,15,18). The van der Waals surface area contributed by atoms with Gasteiger partial charge in [-0.2, -0.15) is 5.10 Å². The van der Waals surface area contributed by atoms with Gasteiger partial charge in [-0.1, -0.05) is 0 Å². The Morgan fingerprint density at radius 1 is 1.53 bits per heavy atom. The van der Waals surface area contributed by atoms with E-state index in [1.54, 1.807) is 20.0 Å². The zero-order valence-corrected chi connectivity index (χ0v) is 11.0. The van der Waals surface area contributed by atoms with Crippen molar-refractivity contribution in [1.29, 1.82) is 0 Å². The number of carbonyl (C=O) groups is 1. The first kappa shape index (κ1) is 12.9. The Hall–Kier alpha value is -2.57. The highest BCUT2D eigenvalue weighted by atomic mass is 16.5. The number of hydrogen-bond donors (Lipinski definition) is 2. The lowest BCUT2D eigenvalue weighted by atomic mass is 10.2. The smallest absolute Gasteiger partial charge is 0.260 e. The van der Waals surface area contributed by atoms with Crippen molar-refractivity contribution in [3.63, 3.8) is 0 Å². The maximum Gasteiger partial charge on any atom is 0.260 e. The van der Waals surface area contributed by atoms with Crippen LogP contribution < -0.4 is 15.8 Å².